The lowest BCUT2D eigenvalue weighted by molar-refractivity contribution is -0.144. The minimum atomic E-state index is 0.478. The number of hydrogen-bond donors (Lipinski definition) is 0. The Labute approximate surface area is 307 Å². The van der Waals surface area contributed by atoms with Crippen molar-refractivity contribution in [2.75, 3.05) is 0 Å². The number of rotatable bonds is 4. The van der Waals surface area contributed by atoms with Gasteiger partial charge in [-0.2, -0.15) is 0 Å². The first kappa shape index (κ1) is 29.2. The highest BCUT2D eigenvalue weighted by atomic mass is 32.1. The van der Waals surface area contributed by atoms with Crippen LogP contribution in [0.5, 0.6) is 0 Å². The highest BCUT2D eigenvalue weighted by molar-refractivity contribution is 7.26. The van der Waals surface area contributed by atoms with Crippen LogP contribution in [-0.4, -0.2) is 15.0 Å². The molecule has 4 aliphatic rings. The van der Waals surface area contributed by atoms with E-state index in [9.17, 15) is 0 Å². The van der Waals surface area contributed by atoms with E-state index in [1.165, 1.54) is 68.1 Å². The maximum Gasteiger partial charge on any atom is 0.164 e. The van der Waals surface area contributed by atoms with Crippen LogP contribution in [0.3, 0.4) is 0 Å². The van der Waals surface area contributed by atoms with E-state index in [2.05, 4.69) is 103 Å². The van der Waals surface area contributed by atoms with Crippen LogP contribution in [-0.2, 0) is 0 Å². The van der Waals surface area contributed by atoms with Crippen molar-refractivity contribution < 1.29 is 0 Å². The summed E-state index contributed by atoms with van der Waals surface area (Å²) in [6.07, 6.45) is 5.49. The quantitative estimate of drug-likeness (QED) is 0.185. The molecule has 2 heterocycles. The summed E-state index contributed by atoms with van der Waals surface area (Å²) in [4.78, 5) is 15.4. The van der Waals surface area contributed by atoms with Crippen LogP contribution in [0, 0.1) is 17.3 Å². The Balaban J connectivity index is 1.12. The summed E-state index contributed by atoms with van der Waals surface area (Å²) in [6, 6.07) is 50.7. The number of thiophene rings is 1. The lowest BCUT2D eigenvalue weighted by Gasteiger charge is -2.67. The Hall–Kier alpha value is -5.45. The van der Waals surface area contributed by atoms with Gasteiger partial charge in [0.2, 0.25) is 0 Å². The molecular weight excluding hydrogens is 651 g/mol. The van der Waals surface area contributed by atoms with Gasteiger partial charge in [0.25, 0.3) is 0 Å². The Bertz CT molecular complexity index is 2680. The number of nitrogens with zero attached hydrogens (tertiary/aromatic N) is 3. The SMILES string of the molecule is c1ccc(-c2nc(-c3ccccc3)nc(-c3cccc4sc5cccc(-c6cccc7c6C6CC8CC9CC(CC986)c6ccccc6-7)c5c34)n2)cc1. The molecule has 248 valence electrons. The van der Waals surface area contributed by atoms with Gasteiger partial charge in [-0.1, -0.05) is 127 Å². The van der Waals surface area contributed by atoms with Crippen molar-refractivity contribution in [1.29, 1.82) is 0 Å². The second kappa shape index (κ2) is 10.8. The Morgan fingerprint density at radius 3 is 1.71 bits per heavy atom. The van der Waals surface area contributed by atoms with Crippen molar-refractivity contribution in [2.45, 2.75) is 37.5 Å². The molecule has 3 saturated carbocycles. The first-order valence-electron chi connectivity index (χ1n) is 18.8. The molecule has 2 aromatic heterocycles. The summed E-state index contributed by atoms with van der Waals surface area (Å²) in [7, 11) is 0. The van der Waals surface area contributed by atoms with E-state index >= 15 is 0 Å². The summed E-state index contributed by atoms with van der Waals surface area (Å²) < 4.78 is 2.56. The van der Waals surface area contributed by atoms with E-state index < -0.39 is 0 Å². The summed E-state index contributed by atoms with van der Waals surface area (Å²) in [5, 5.41) is 2.55. The van der Waals surface area contributed by atoms with Gasteiger partial charge in [-0.05, 0) is 100 Å². The zero-order chi connectivity index (χ0) is 34.0. The van der Waals surface area contributed by atoms with Gasteiger partial charge in [-0.25, -0.2) is 15.0 Å². The molecule has 5 unspecified atom stereocenters. The predicted octanol–water partition coefficient (Wildman–Crippen LogP) is 12.6. The van der Waals surface area contributed by atoms with Gasteiger partial charge in [0.05, 0.1) is 0 Å². The molecule has 3 nitrogen and oxygen atoms in total. The molecular formula is C48H35N3S. The molecule has 4 aliphatic carbocycles. The van der Waals surface area contributed by atoms with Crippen LogP contribution in [0.1, 0.15) is 48.6 Å². The molecule has 0 N–H and O–H groups in total. The van der Waals surface area contributed by atoms with E-state index in [4.69, 9.17) is 15.0 Å². The van der Waals surface area contributed by atoms with Crippen LogP contribution < -0.4 is 0 Å². The molecule has 8 aromatic rings. The number of fused-ring (bicyclic) bond motifs is 9. The molecule has 5 atom stereocenters. The maximum absolute atomic E-state index is 5.21. The van der Waals surface area contributed by atoms with Crippen molar-refractivity contribution in [3.8, 4) is 56.4 Å². The number of hydrogen-bond acceptors (Lipinski definition) is 4. The third-order valence-electron chi connectivity index (χ3n) is 13.3. The van der Waals surface area contributed by atoms with Crippen LogP contribution in [0.4, 0.5) is 0 Å². The lowest BCUT2D eigenvalue weighted by Crippen LogP contribution is -2.59. The number of benzene rings is 6. The van der Waals surface area contributed by atoms with Gasteiger partial charge in [0.1, 0.15) is 0 Å². The van der Waals surface area contributed by atoms with Gasteiger partial charge in [-0.15, -0.1) is 11.3 Å². The highest BCUT2D eigenvalue weighted by Crippen LogP contribution is 2.80. The maximum atomic E-state index is 5.21. The first-order valence-corrected chi connectivity index (χ1v) is 19.6. The smallest absolute Gasteiger partial charge is 0.164 e. The minimum Gasteiger partial charge on any atom is -0.208 e. The van der Waals surface area contributed by atoms with E-state index in [0.717, 1.165) is 28.5 Å². The molecule has 0 amide bonds. The van der Waals surface area contributed by atoms with Crippen LogP contribution in [0.2, 0.25) is 0 Å². The fourth-order valence-corrected chi connectivity index (χ4v) is 12.3. The molecule has 3 fully saturated rings. The minimum absolute atomic E-state index is 0.478. The number of aromatic nitrogens is 3. The zero-order valence-electron chi connectivity index (χ0n) is 28.7. The monoisotopic (exact) mass is 685 g/mol. The molecule has 0 aliphatic heterocycles. The zero-order valence-corrected chi connectivity index (χ0v) is 29.5. The van der Waals surface area contributed by atoms with Crippen LogP contribution >= 0.6 is 11.3 Å². The van der Waals surface area contributed by atoms with Gasteiger partial charge in [0.15, 0.2) is 17.5 Å². The van der Waals surface area contributed by atoms with Crippen molar-refractivity contribution >= 4 is 31.5 Å². The predicted molar refractivity (Wildman–Crippen MR) is 213 cm³/mol. The fraction of sp³-hybridized carbons (Fsp3) is 0.188. The third kappa shape index (κ3) is 3.93. The second-order valence-corrected chi connectivity index (χ2v) is 16.6. The van der Waals surface area contributed by atoms with E-state index in [1.54, 1.807) is 11.1 Å². The van der Waals surface area contributed by atoms with E-state index in [1.807, 2.05) is 47.7 Å². The average molecular weight is 686 g/mol. The summed E-state index contributed by atoms with van der Waals surface area (Å²) in [5.41, 5.74) is 12.3. The first-order chi connectivity index (χ1) is 25.7. The molecule has 2 bridgehead atoms. The summed E-state index contributed by atoms with van der Waals surface area (Å²) in [6.45, 7) is 0. The van der Waals surface area contributed by atoms with Crippen LogP contribution in [0.25, 0.3) is 76.6 Å². The molecule has 0 radical (unpaired) electrons. The summed E-state index contributed by atoms with van der Waals surface area (Å²) >= 11 is 1.88. The van der Waals surface area contributed by atoms with Gasteiger partial charge >= 0.3 is 0 Å². The molecule has 4 heteroatoms. The standard InChI is InChI=1S/C48H35N3S/c1-3-12-28(13-4-1)45-49-46(29-14-5-2-6-15-29)51-47(50-45)38-21-11-23-41-44(38)43-37(20-10-22-40(43)52-41)36-19-9-18-35-34-17-8-7-16-33(34)30-24-31-25-32-26-39(42(35)36)48(31,32)27-30/h1-23,30-32,39H,24-27H2. The molecule has 0 saturated heterocycles. The fourth-order valence-electron chi connectivity index (χ4n) is 11.2. The van der Waals surface area contributed by atoms with Crippen molar-refractivity contribution in [3.05, 3.63) is 151 Å². The largest absolute Gasteiger partial charge is 0.208 e. The van der Waals surface area contributed by atoms with Gasteiger partial charge in [-0.3, -0.25) is 0 Å². The van der Waals surface area contributed by atoms with Crippen molar-refractivity contribution in [3.63, 3.8) is 0 Å². The topological polar surface area (TPSA) is 38.7 Å². The molecule has 52 heavy (non-hydrogen) atoms. The Morgan fingerprint density at radius 1 is 0.462 bits per heavy atom. The second-order valence-electron chi connectivity index (χ2n) is 15.5. The van der Waals surface area contributed by atoms with Crippen LogP contribution in [0.15, 0.2) is 140 Å². The van der Waals surface area contributed by atoms with Gasteiger partial charge in [0, 0.05) is 36.9 Å². The highest BCUT2D eigenvalue weighted by Gasteiger charge is 2.70. The van der Waals surface area contributed by atoms with Crippen molar-refractivity contribution in [2.24, 2.45) is 17.3 Å². The average Bonchev–Trinajstić information content (AvgIpc) is 3.77. The summed E-state index contributed by atoms with van der Waals surface area (Å²) in [5.74, 6) is 5.15. The van der Waals surface area contributed by atoms with Crippen molar-refractivity contribution in [1.82, 2.24) is 15.0 Å². The lowest BCUT2D eigenvalue weighted by atomic mass is 9.37. The Morgan fingerprint density at radius 2 is 1.00 bits per heavy atom. The van der Waals surface area contributed by atoms with E-state index in [0.29, 0.717) is 34.7 Å². The normalized spacial score (nSPS) is 23.5. The molecule has 6 aromatic carbocycles. The third-order valence-corrected chi connectivity index (χ3v) is 14.4. The van der Waals surface area contributed by atoms with Gasteiger partial charge < -0.3 is 0 Å². The molecule has 1 spiro atoms. The van der Waals surface area contributed by atoms with E-state index in [-0.39, 0.29) is 0 Å². The Kier molecular flexibility index (Phi) is 6.05. The molecule has 12 rings (SSSR count).